The van der Waals surface area contributed by atoms with Crippen LogP contribution in [0.4, 0.5) is 13.2 Å². The second-order valence-corrected chi connectivity index (χ2v) is 6.50. The van der Waals surface area contributed by atoms with Gasteiger partial charge in [0.05, 0.1) is 17.6 Å². The number of nitrogens with one attached hydrogen (secondary N) is 1. The maximum Gasteiger partial charge on any atom is 0.573 e. The molecule has 28 heavy (non-hydrogen) atoms. The van der Waals surface area contributed by atoms with Gasteiger partial charge in [0.15, 0.2) is 0 Å². The Hall–Kier alpha value is -2.80. The topological polar surface area (TPSA) is 103 Å². The molecule has 0 aliphatic carbocycles. The lowest BCUT2D eigenvalue weighted by Crippen LogP contribution is -2.48. The van der Waals surface area contributed by atoms with Gasteiger partial charge >= 0.3 is 6.36 Å². The van der Waals surface area contributed by atoms with Crippen LogP contribution < -0.4 is 10.1 Å². The van der Waals surface area contributed by atoms with Crippen molar-refractivity contribution in [2.24, 2.45) is 5.92 Å². The number of carbonyl (C=O) groups excluding carboxylic acids is 2. The van der Waals surface area contributed by atoms with Gasteiger partial charge in [0, 0.05) is 25.2 Å². The normalized spacial score (nSPS) is 18.1. The van der Waals surface area contributed by atoms with Crippen molar-refractivity contribution in [1.82, 2.24) is 10.2 Å². The number of hydrogen-bond donors (Lipinski definition) is 2. The predicted molar refractivity (Wildman–Crippen MR) is 90.7 cm³/mol. The van der Waals surface area contributed by atoms with E-state index in [1.54, 1.807) is 6.07 Å². The van der Waals surface area contributed by atoms with E-state index in [-0.39, 0.29) is 24.2 Å². The number of carbonyl (C=O) groups is 2. The van der Waals surface area contributed by atoms with Crippen molar-refractivity contribution in [3.05, 3.63) is 29.3 Å². The van der Waals surface area contributed by atoms with Crippen LogP contribution in [0.5, 0.6) is 5.75 Å². The van der Waals surface area contributed by atoms with E-state index in [2.05, 4.69) is 10.1 Å². The molecule has 2 rings (SSSR count). The largest absolute Gasteiger partial charge is 0.573 e. The molecule has 1 fully saturated rings. The van der Waals surface area contributed by atoms with E-state index in [9.17, 15) is 27.9 Å². The molecule has 0 saturated carbocycles. The minimum absolute atomic E-state index is 0.00566. The summed E-state index contributed by atoms with van der Waals surface area (Å²) in [6.07, 6.45) is -5.00. The number of benzene rings is 1. The minimum atomic E-state index is -4.93. The van der Waals surface area contributed by atoms with E-state index in [0.29, 0.717) is 19.4 Å². The second kappa shape index (κ2) is 8.93. The first-order valence-electron chi connectivity index (χ1n) is 8.64. The van der Waals surface area contributed by atoms with Crippen LogP contribution in [0.2, 0.25) is 0 Å². The van der Waals surface area contributed by atoms with Crippen LogP contribution in [-0.2, 0) is 16.1 Å². The maximum absolute atomic E-state index is 12.6. The lowest BCUT2D eigenvalue weighted by molar-refractivity contribution is -0.274. The Morgan fingerprint density at radius 2 is 2.18 bits per heavy atom. The summed E-state index contributed by atoms with van der Waals surface area (Å²) in [5, 5.41) is 20.8. The van der Waals surface area contributed by atoms with Crippen LogP contribution in [0.3, 0.4) is 0 Å². The number of aliphatic hydroxyl groups excluding tert-OH is 1. The molecule has 0 aromatic heterocycles. The first-order chi connectivity index (χ1) is 13.1. The number of nitrogens with zero attached hydrogens (tertiary/aromatic N) is 2. The van der Waals surface area contributed by atoms with Gasteiger partial charge in [-0.3, -0.25) is 9.59 Å². The zero-order valence-corrected chi connectivity index (χ0v) is 15.1. The van der Waals surface area contributed by atoms with Crippen LogP contribution in [0, 0.1) is 17.2 Å². The Labute approximate surface area is 159 Å². The Balaban J connectivity index is 2.04. The zero-order valence-electron chi connectivity index (χ0n) is 15.1. The first-order valence-corrected chi connectivity index (χ1v) is 8.64. The molecular formula is C18H20F3N3O4. The van der Waals surface area contributed by atoms with Crippen molar-refractivity contribution in [3.8, 4) is 11.8 Å². The number of halogens is 3. The Morgan fingerprint density at radius 1 is 1.46 bits per heavy atom. The third-order valence-corrected chi connectivity index (χ3v) is 4.34. The van der Waals surface area contributed by atoms with Gasteiger partial charge in [0.25, 0.3) is 5.91 Å². The van der Waals surface area contributed by atoms with E-state index in [4.69, 9.17) is 5.26 Å². The molecule has 1 aliphatic heterocycles. The van der Waals surface area contributed by atoms with E-state index >= 15 is 0 Å². The van der Waals surface area contributed by atoms with E-state index in [1.807, 2.05) is 0 Å². The maximum atomic E-state index is 12.6. The Kier molecular flexibility index (Phi) is 6.85. The molecule has 152 valence electrons. The van der Waals surface area contributed by atoms with Gasteiger partial charge in [0.2, 0.25) is 5.91 Å². The highest BCUT2D eigenvalue weighted by atomic mass is 19.4. The van der Waals surface area contributed by atoms with Gasteiger partial charge in [-0.05, 0) is 31.9 Å². The Bertz CT molecular complexity index is 774. The number of aliphatic hydroxyl groups is 1. The molecule has 1 saturated heterocycles. The van der Waals surface area contributed by atoms with Gasteiger partial charge in [-0.2, -0.15) is 5.26 Å². The van der Waals surface area contributed by atoms with Gasteiger partial charge < -0.3 is 20.1 Å². The molecule has 0 radical (unpaired) electrons. The Morgan fingerprint density at radius 3 is 2.79 bits per heavy atom. The van der Waals surface area contributed by atoms with Gasteiger partial charge in [-0.1, -0.05) is 6.07 Å². The van der Waals surface area contributed by atoms with E-state index < -0.39 is 35.9 Å². The number of likely N-dealkylation sites (tertiary alicyclic amines) is 1. The van der Waals surface area contributed by atoms with Crippen LogP contribution in [0.15, 0.2) is 18.2 Å². The molecule has 0 spiro atoms. The molecule has 2 amide bonds. The predicted octanol–water partition coefficient (Wildman–Crippen LogP) is 1.69. The number of nitriles is 1. The standard InChI is InChI=1S/C18H20F3N3O4/c1-11(25)17(27)24-6-2-3-14(10-24)16(26)23-9-13-5-4-12(8-22)7-15(13)28-18(19,20)21/h4-5,7,11,14,25H,2-3,6,9-10H2,1H3,(H,23,26)/t11-,14?/m1/s1. The van der Waals surface area contributed by atoms with Gasteiger partial charge in [-0.25, -0.2) is 0 Å². The summed E-state index contributed by atoms with van der Waals surface area (Å²) in [7, 11) is 0. The highest BCUT2D eigenvalue weighted by molar-refractivity contribution is 5.83. The molecule has 1 heterocycles. The van der Waals surface area contributed by atoms with Crippen LogP contribution >= 0.6 is 0 Å². The molecule has 1 aromatic carbocycles. The molecule has 10 heteroatoms. The van der Waals surface area contributed by atoms with E-state index in [1.165, 1.54) is 24.0 Å². The number of hydrogen-bond acceptors (Lipinski definition) is 5. The van der Waals surface area contributed by atoms with Gasteiger partial charge in [-0.15, -0.1) is 13.2 Å². The molecule has 2 N–H and O–H groups in total. The van der Waals surface area contributed by atoms with Gasteiger partial charge in [0.1, 0.15) is 11.9 Å². The summed E-state index contributed by atoms with van der Waals surface area (Å²) in [5.74, 6) is -1.96. The summed E-state index contributed by atoms with van der Waals surface area (Å²) in [6.45, 7) is 1.69. The summed E-state index contributed by atoms with van der Waals surface area (Å²) in [6, 6.07) is 5.30. The molecule has 0 bridgehead atoms. The smallest absolute Gasteiger partial charge is 0.405 e. The van der Waals surface area contributed by atoms with Crippen LogP contribution in [0.1, 0.15) is 30.9 Å². The second-order valence-electron chi connectivity index (χ2n) is 6.50. The minimum Gasteiger partial charge on any atom is -0.405 e. The molecule has 1 aliphatic rings. The number of amides is 2. The molecular weight excluding hydrogens is 379 g/mol. The van der Waals surface area contributed by atoms with Crippen molar-refractivity contribution in [2.75, 3.05) is 13.1 Å². The summed E-state index contributed by atoms with van der Waals surface area (Å²) < 4.78 is 41.7. The first kappa shape index (κ1) is 21.5. The van der Waals surface area contributed by atoms with E-state index in [0.717, 1.165) is 6.07 Å². The van der Waals surface area contributed by atoms with Crippen LogP contribution in [0.25, 0.3) is 0 Å². The SMILES string of the molecule is C[C@@H](O)C(=O)N1CCCC(C(=O)NCc2ccc(C#N)cc2OC(F)(F)F)C1. The molecule has 2 atom stereocenters. The zero-order chi connectivity index (χ0) is 20.9. The molecule has 7 nitrogen and oxygen atoms in total. The molecule has 1 unspecified atom stereocenters. The van der Waals surface area contributed by atoms with Crippen molar-refractivity contribution in [3.63, 3.8) is 0 Å². The lowest BCUT2D eigenvalue weighted by atomic mass is 9.96. The third-order valence-electron chi connectivity index (χ3n) is 4.34. The average Bonchev–Trinajstić information content (AvgIpc) is 2.64. The van der Waals surface area contributed by atoms with Crippen molar-refractivity contribution in [2.45, 2.75) is 38.8 Å². The van der Waals surface area contributed by atoms with Crippen molar-refractivity contribution >= 4 is 11.8 Å². The lowest BCUT2D eigenvalue weighted by Gasteiger charge is -2.32. The number of piperidine rings is 1. The van der Waals surface area contributed by atoms with Crippen molar-refractivity contribution < 1.29 is 32.6 Å². The number of rotatable bonds is 5. The fourth-order valence-electron chi connectivity index (χ4n) is 2.97. The monoisotopic (exact) mass is 399 g/mol. The highest BCUT2D eigenvalue weighted by Gasteiger charge is 2.33. The summed E-state index contributed by atoms with van der Waals surface area (Å²) >= 11 is 0. The highest BCUT2D eigenvalue weighted by Crippen LogP contribution is 2.28. The molecule has 1 aromatic rings. The number of ether oxygens (including phenoxy) is 1. The summed E-state index contributed by atoms with van der Waals surface area (Å²) in [4.78, 5) is 25.7. The number of alkyl halides is 3. The third kappa shape index (κ3) is 5.85. The van der Waals surface area contributed by atoms with Crippen molar-refractivity contribution in [1.29, 1.82) is 5.26 Å². The van der Waals surface area contributed by atoms with Crippen LogP contribution in [-0.4, -0.2) is 47.4 Å². The fourth-order valence-corrected chi connectivity index (χ4v) is 2.97. The summed E-state index contributed by atoms with van der Waals surface area (Å²) in [5.41, 5.74) is 0.0614. The quantitative estimate of drug-likeness (QED) is 0.785. The average molecular weight is 399 g/mol. The fraction of sp³-hybridized carbons (Fsp3) is 0.500.